The number of hydrogen-bond acceptors (Lipinski definition) is 5. The highest BCUT2D eigenvalue weighted by molar-refractivity contribution is 5.97. The molecule has 1 fully saturated rings. The fraction of sp³-hybridized carbons (Fsp3) is 0.467. The summed E-state index contributed by atoms with van der Waals surface area (Å²) in [5.41, 5.74) is 0.610. The van der Waals surface area contributed by atoms with Crippen LogP contribution in [0.15, 0.2) is 24.7 Å². The van der Waals surface area contributed by atoms with Crippen molar-refractivity contribution in [2.45, 2.75) is 24.9 Å². The maximum atomic E-state index is 13.1. The number of nitrogens with one attached hydrogen (secondary N) is 1. The van der Waals surface area contributed by atoms with Crippen LogP contribution in [0.3, 0.4) is 0 Å². The second-order valence-corrected chi connectivity index (χ2v) is 5.77. The van der Waals surface area contributed by atoms with E-state index in [1.165, 1.54) is 6.33 Å². The zero-order chi connectivity index (χ0) is 15.8. The lowest BCUT2D eigenvalue weighted by molar-refractivity contribution is -0.144. The third-order valence-corrected chi connectivity index (χ3v) is 4.49. The van der Waals surface area contributed by atoms with Crippen molar-refractivity contribution >= 4 is 11.7 Å². The lowest BCUT2D eigenvalue weighted by atomic mass is 10.00. The molecule has 0 saturated carbocycles. The number of ether oxygens (including phenoxy) is 1. The molecule has 4 rings (SSSR count). The molecule has 2 aromatic heterocycles. The summed E-state index contributed by atoms with van der Waals surface area (Å²) in [5, 5.41) is 6.68. The van der Waals surface area contributed by atoms with Crippen LogP contribution in [0, 0.1) is 0 Å². The van der Waals surface area contributed by atoms with E-state index in [0.29, 0.717) is 44.1 Å². The molecule has 2 aliphatic rings. The Morgan fingerprint density at radius 2 is 2.35 bits per heavy atom. The van der Waals surface area contributed by atoms with Gasteiger partial charge in [0.2, 0.25) is 5.91 Å². The largest absolute Gasteiger partial charge is 0.377 e. The van der Waals surface area contributed by atoms with Crippen molar-refractivity contribution in [3.8, 4) is 0 Å². The van der Waals surface area contributed by atoms with Gasteiger partial charge in [0.1, 0.15) is 24.2 Å². The minimum absolute atomic E-state index is 0.000324. The molecule has 1 amide bonds. The predicted octanol–water partition coefficient (Wildman–Crippen LogP) is 0.724. The first kappa shape index (κ1) is 14.1. The number of aromatic nitrogens is 4. The lowest BCUT2D eigenvalue weighted by Crippen LogP contribution is -2.47. The number of hydrogen-bond donors (Lipinski definition) is 1. The van der Waals surface area contributed by atoms with Crippen LogP contribution in [-0.2, 0) is 9.53 Å². The molecule has 4 heterocycles. The normalized spacial score (nSPS) is 24.5. The van der Waals surface area contributed by atoms with Gasteiger partial charge in [0.25, 0.3) is 0 Å². The monoisotopic (exact) mass is 315 g/mol. The number of fused-ring (bicyclic) bond motifs is 1. The Hall–Kier alpha value is -2.48. The summed E-state index contributed by atoms with van der Waals surface area (Å²) in [5.74, 6) is 0.713. The summed E-state index contributed by atoms with van der Waals surface area (Å²) in [7, 11) is 0. The average Bonchev–Trinajstić information content (AvgIpc) is 3.26. The van der Waals surface area contributed by atoms with Gasteiger partial charge in [-0.1, -0.05) is 0 Å². The molecule has 0 bridgehead atoms. The van der Waals surface area contributed by atoms with E-state index in [0.717, 1.165) is 0 Å². The number of H-pyrrole nitrogens is 1. The fourth-order valence-electron chi connectivity index (χ4n) is 3.34. The molecule has 23 heavy (non-hydrogen) atoms. The quantitative estimate of drug-likeness (QED) is 0.881. The van der Waals surface area contributed by atoms with Crippen LogP contribution in [0.4, 0.5) is 0 Å². The summed E-state index contributed by atoms with van der Waals surface area (Å²) >= 11 is 0. The molecule has 0 aromatic carbocycles. The van der Waals surface area contributed by atoms with Crippen molar-refractivity contribution in [3.63, 3.8) is 0 Å². The molecule has 1 saturated heterocycles. The minimum atomic E-state index is -0.346. The number of nitrogens with zero attached hydrogens (tertiary/aromatic N) is 4. The van der Waals surface area contributed by atoms with Crippen molar-refractivity contribution in [1.29, 1.82) is 0 Å². The first-order valence-electron chi connectivity index (χ1n) is 7.69. The highest BCUT2D eigenvalue weighted by Crippen LogP contribution is 2.30. The van der Waals surface area contributed by atoms with Gasteiger partial charge in [-0.2, -0.15) is 5.10 Å². The third-order valence-electron chi connectivity index (χ3n) is 4.49. The lowest BCUT2D eigenvalue weighted by Gasteiger charge is -2.37. The molecule has 0 spiro atoms. The molecule has 2 aliphatic heterocycles. The molecule has 0 aliphatic carbocycles. The van der Waals surface area contributed by atoms with E-state index in [1.54, 1.807) is 21.7 Å². The van der Waals surface area contributed by atoms with E-state index >= 15 is 0 Å². The number of carbonyl (C=O) groups is 2. The van der Waals surface area contributed by atoms with Crippen LogP contribution in [0.5, 0.6) is 0 Å². The number of morpholine rings is 1. The van der Waals surface area contributed by atoms with E-state index in [2.05, 4.69) is 15.2 Å². The summed E-state index contributed by atoms with van der Waals surface area (Å²) in [6.07, 6.45) is 4.16. The molecule has 8 heteroatoms. The van der Waals surface area contributed by atoms with Gasteiger partial charge >= 0.3 is 0 Å². The maximum absolute atomic E-state index is 13.1. The van der Waals surface area contributed by atoms with Gasteiger partial charge in [0.15, 0.2) is 5.78 Å². The second-order valence-electron chi connectivity index (χ2n) is 5.77. The number of amides is 1. The van der Waals surface area contributed by atoms with Gasteiger partial charge in [-0.15, -0.1) is 0 Å². The van der Waals surface area contributed by atoms with Crippen molar-refractivity contribution < 1.29 is 14.3 Å². The summed E-state index contributed by atoms with van der Waals surface area (Å²) in [6.45, 7) is 1.40. The first-order valence-corrected chi connectivity index (χ1v) is 7.69. The van der Waals surface area contributed by atoms with E-state index in [-0.39, 0.29) is 23.8 Å². The zero-order valence-electron chi connectivity index (χ0n) is 12.5. The Bertz CT molecular complexity index is 723. The Kier molecular flexibility index (Phi) is 3.45. The topological polar surface area (TPSA) is 93.1 Å². The number of aromatic amines is 1. The van der Waals surface area contributed by atoms with Crippen molar-refractivity contribution in [2.75, 3.05) is 19.8 Å². The number of rotatable bonds is 2. The van der Waals surface area contributed by atoms with E-state index in [1.807, 2.05) is 6.07 Å². The second kappa shape index (κ2) is 5.62. The van der Waals surface area contributed by atoms with Crippen LogP contribution in [0.2, 0.25) is 0 Å². The molecule has 2 aromatic rings. The third kappa shape index (κ3) is 2.35. The van der Waals surface area contributed by atoms with Crippen molar-refractivity contribution in [3.05, 3.63) is 36.2 Å². The molecule has 1 N–H and O–H groups in total. The van der Waals surface area contributed by atoms with Crippen LogP contribution < -0.4 is 0 Å². The van der Waals surface area contributed by atoms with Crippen molar-refractivity contribution in [2.24, 2.45) is 0 Å². The molecule has 8 nitrogen and oxygen atoms in total. The van der Waals surface area contributed by atoms with Gasteiger partial charge in [0.05, 0.1) is 18.9 Å². The molecular formula is C15H17N5O3. The van der Waals surface area contributed by atoms with Gasteiger partial charge in [-0.25, -0.2) is 4.98 Å². The number of carbonyl (C=O) groups excluding carboxylic acids is 2. The standard InChI is InChI=1S/C15H17N5O3/c21-13-4-3-11(19-5-1-2-10(13)19)15(22)20-6-7-23-8-12(20)14-16-9-17-18-14/h1-2,5,9,11-12H,3-4,6-8H2,(H,16,17,18). The van der Waals surface area contributed by atoms with Crippen LogP contribution in [0.25, 0.3) is 0 Å². The van der Waals surface area contributed by atoms with Gasteiger partial charge in [0, 0.05) is 19.2 Å². The molecule has 2 atom stereocenters. The Labute approximate surface area is 132 Å². The van der Waals surface area contributed by atoms with Crippen molar-refractivity contribution in [1.82, 2.24) is 24.6 Å². The number of Topliss-reactive ketones (excluding diaryl/α,β-unsaturated/α-hetero) is 1. The summed E-state index contributed by atoms with van der Waals surface area (Å²) < 4.78 is 7.30. The predicted molar refractivity (Wildman–Crippen MR) is 78.7 cm³/mol. The molecule has 0 radical (unpaired) electrons. The van der Waals surface area contributed by atoms with Crippen LogP contribution in [0.1, 0.15) is 41.2 Å². The summed E-state index contributed by atoms with van der Waals surface area (Å²) in [6, 6.07) is 2.97. The maximum Gasteiger partial charge on any atom is 0.246 e. The Balaban J connectivity index is 1.63. The SMILES string of the molecule is O=C1CCC(C(=O)N2CCOCC2c2ncn[nH]2)n2cccc21. The van der Waals surface area contributed by atoms with Gasteiger partial charge in [-0.3, -0.25) is 14.7 Å². The van der Waals surface area contributed by atoms with Gasteiger partial charge in [-0.05, 0) is 18.6 Å². The van der Waals surface area contributed by atoms with Gasteiger partial charge < -0.3 is 14.2 Å². The molecular weight excluding hydrogens is 298 g/mol. The molecule has 120 valence electrons. The number of ketones is 1. The van der Waals surface area contributed by atoms with E-state index in [9.17, 15) is 9.59 Å². The van der Waals surface area contributed by atoms with E-state index < -0.39 is 0 Å². The Morgan fingerprint density at radius 3 is 3.17 bits per heavy atom. The highest BCUT2D eigenvalue weighted by atomic mass is 16.5. The Morgan fingerprint density at radius 1 is 1.43 bits per heavy atom. The minimum Gasteiger partial charge on any atom is -0.377 e. The van der Waals surface area contributed by atoms with E-state index in [4.69, 9.17) is 4.74 Å². The highest BCUT2D eigenvalue weighted by Gasteiger charge is 2.37. The average molecular weight is 315 g/mol. The summed E-state index contributed by atoms with van der Waals surface area (Å²) in [4.78, 5) is 31.0. The zero-order valence-corrected chi connectivity index (χ0v) is 12.5. The van der Waals surface area contributed by atoms with Crippen LogP contribution >= 0.6 is 0 Å². The smallest absolute Gasteiger partial charge is 0.246 e. The first-order chi connectivity index (χ1) is 11.3. The molecule has 2 unspecified atom stereocenters. The van der Waals surface area contributed by atoms with Crippen LogP contribution in [-0.4, -0.2) is 56.1 Å². The fourth-order valence-corrected chi connectivity index (χ4v) is 3.34.